The first kappa shape index (κ1) is 18.9. The van der Waals surface area contributed by atoms with Crippen molar-refractivity contribution in [1.82, 2.24) is 4.90 Å². The van der Waals surface area contributed by atoms with Crippen molar-refractivity contribution in [3.8, 4) is 0 Å². The van der Waals surface area contributed by atoms with E-state index in [9.17, 15) is 9.59 Å². The lowest BCUT2D eigenvalue weighted by Crippen LogP contribution is -2.37. The molecule has 0 atom stereocenters. The van der Waals surface area contributed by atoms with Crippen LogP contribution in [0.4, 0.5) is 0 Å². The molecule has 1 heterocycles. The lowest BCUT2D eigenvalue weighted by Gasteiger charge is -2.26. The summed E-state index contributed by atoms with van der Waals surface area (Å²) in [5.74, 6) is -0.682. The predicted octanol–water partition coefficient (Wildman–Crippen LogP) is 3.31. The molecule has 1 amide bonds. The van der Waals surface area contributed by atoms with Crippen LogP contribution in [0.15, 0.2) is 60.7 Å². The van der Waals surface area contributed by atoms with Gasteiger partial charge in [-0.2, -0.15) is 0 Å². The van der Waals surface area contributed by atoms with E-state index in [1.165, 1.54) is 11.1 Å². The third kappa shape index (κ3) is 5.05. The summed E-state index contributed by atoms with van der Waals surface area (Å²) in [7, 11) is 1.60. The monoisotopic (exact) mass is 365 g/mol. The SMILES string of the molecule is COCc1cccc(C(=O)OCC(=O)N2CC=C(c3ccccc3)CC2)c1. The summed E-state index contributed by atoms with van der Waals surface area (Å²) in [6, 6.07) is 17.2. The van der Waals surface area contributed by atoms with Gasteiger partial charge in [0, 0.05) is 20.2 Å². The third-order valence-electron chi connectivity index (χ3n) is 4.51. The molecule has 0 fully saturated rings. The quantitative estimate of drug-likeness (QED) is 0.737. The van der Waals surface area contributed by atoms with Crippen LogP contribution >= 0.6 is 0 Å². The average molecular weight is 365 g/mol. The van der Waals surface area contributed by atoms with E-state index >= 15 is 0 Å². The summed E-state index contributed by atoms with van der Waals surface area (Å²) < 4.78 is 10.3. The van der Waals surface area contributed by atoms with Gasteiger partial charge in [0.15, 0.2) is 6.61 Å². The highest BCUT2D eigenvalue weighted by atomic mass is 16.5. The number of carbonyl (C=O) groups excluding carboxylic acids is 2. The minimum absolute atomic E-state index is 0.181. The highest BCUT2D eigenvalue weighted by Gasteiger charge is 2.19. The second-order valence-corrected chi connectivity index (χ2v) is 6.39. The van der Waals surface area contributed by atoms with E-state index < -0.39 is 5.97 Å². The first-order chi connectivity index (χ1) is 13.2. The van der Waals surface area contributed by atoms with Gasteiger partial charge in [0.25, 0.3) is 5.91 Å². The minimum Gasteiger partial charge on any atom is -0.452 e. The summed E-state index contributed by atoms with van der Waals surface area (Å²) in [4.78, 5) is 26.2. The van der Waals surface area contributed by atoms with Crippen molar-refractivity contribution in [1.29, 1.82) is 0 Å². The third-order valence-corrected chi connectivity index (χ3v) is 4.51. The van der Waals surface area contributed by atoms with E-state index in [1.807, 2.05) is 24.3 Å². The lowest BCUT2D eigenvalue weighted by atomic mass is 10.00. The molecule has 0 N–H and O–H groups in total. The molecule has 0 aromatic heterocycles. The molecule has 140 valence electrons. The van der Waals surface area contributed by atoms with Crippen LogP contribution in [-0.4, -0.2) is 43.6 Å². The van der Waals surface area contributed by atoms with Crippen LogP contribution in [-0.2, 0) is 20.9 Å². The Morgan fingerprint density at radius 1 is 1.07 bits per heavy atom. The minimum atomic E-state index is -0.501. The van der Waals surface area contributed by atoms with Crippen LogP contribution in [0.2, 0.25) is 0 Å². The van der Waals surface area contributed by atoms with Gasteiger partial charge in [-0.25, -0.2) is 4.79 Å². The Morgan fingerprint density at radius 2 is 1.89 bits per heavy atom. The number of hydrogen-bond donors (Lipinski definition) is 0. The Kier molecular flexibility index (Phi) is 6.39. The molecule has 1 aliphatic rings. The second kappa shape index (κ2) is 9.14. The van der Waals surface area contributed by atoms with Gasteiger partial charge < -0.3 is 14.4 Å². The summed E-state index contributed by atoms with van der Waals surface area (Å²) in [6.45, 7) is 1.33. The standard InChI is InChI=1S/C22H23NO4/c1-26-15-17-6-5-9-20(14-17)22(25)27-16-21(24)23-12-10-19(11-13-23)18-7-3-2-4-8-18/h2-10,14H,11-13,15-16H2,1H3. The fourth-order valence-corrected chi connectivity index (χ4v) is 3.07. The number of carbonyl (C=O) groups is 2. The average Bonchev–Trinajstić information content (AvgIpc) is 2.73. The molecule has 0 saturated carbocycles. The van der Waals surface area contributed by atoms with Crippen molar-refractivity contribution in [3.05, 3.63) is 77.4 Å². The van der Waals surface area contributed by atoms with Crippen molar-refractivity contribution in [2.45, 2.75) is 13.0 Å². The number of amides is 1. The van der Waals surface area contributed by atoms with E-state index in [0.717, 1.165) is 12.0 Å². The van der Waals surface area contributed by atoms with Gasteiger partial charge in [-0.15, -0.1) is 0 Å². The second-order valence-electron chi connectivity index (χ2n) is 6.39. The number of rotatable bonds is 6. The van der Waals surface area contributed by atoms with Crippen LogP contribution in [0.25, 0.3) is 5.57 Å². The highest BCUT2D eigenvalue weighted by molar-refractivity contribution is 5.91. The topological polar surface area (TPSA) is 55.8 Å². The Hall–Kier alpha value is -2.92. The smallest absolute Gasteiger partial charge is 0.338 e. The van der Waals surface area contributed by atoms with Crippen molar-refractivity contribution >= 4 is 17.4 Å². The van der Waals surface area contributed by atoms with Crippen LogP contribution in [0.1, 0.15) is 27.9 Å². The molecule has 0 saturated heterocycles. The fourth-order valence-electron chi connectivity index (χ4n) is 3.07. The van der Waals surface area contributed by atoms with E-state index in [2.05, 4.69) is 18.2 Å². The molecule has 1 aliphatic heterocycles. The summed E-state index contributed by atoms with van der Waals surface area (Å²) in [6.07, 6.45) is 2.86. The van der Waals surface area contributed by atoms with Gasteiger partial charge >= 0.3 is 5.97 Å². The van der Waals surface area contributed by atoms with Crippen molar-refractivity contribution in [2.75, 3.05) is 26.8 Å². The molecule has 0 spiro atoms. The fraction of sp³-hybridized carbons (Fsp3) is 0.273. The van der Waals surface area contributed by atoms with Crippen molar-refractivity contribution in [2.24, 2.45) is 0 Å². The van der Waals surface area contributed by atoms with Gasteiger partial charge in [0.05, 0.1) is 12.2 Å². The highest BCUT2D eigenvalue weighted by Crippen LogP contribution is 2.22. The van der Waals surface area contributed by atoms with Gasteiger partial charge in [-0.05, 0) is 35.3 Å². The van der Waals surface area contributed by atoms with Gasteiger partial charge in [0.1, 0.15) is 0 Å². The molecular weight excluding hydrogens is 342 g/mol. The lowest BCUT2D eigenvalue weighted by molar-refractivity contribution is -0.134. The Morgan fingerprint density at radius 3 is 2.59 bits per heavy atom. The first-order valence-corrected chi connectivity index (χ1v) is 8.94. The van der Waals surface area contributed by atoms with E-state index in [0.29, 0.717) is 25.3 Å². The zero-order valence-corrected chi connectivity index (χ0v) is 15.4. The van der Waals surface area contributed by atoms with Crippen LogP contribution < -0.4 is 0 Å². The molecule has 27 heavy (non-hydrogen) atoms. The largest absolute Gasteiger partial charge is 0.452 e. The van der Waals surface area contributed by atoms with Crippen molar-refractivity contribution in [3.63, 3.8) is 0 Å². The molecule has 3 rings (SSSR count). The Labute approximate surface area is 159 Å². The maximum Gasteiger partial charge on any atom is 0.338 e. The van der Waals surface area contributed by atoms with E-state index in [4.69, 9.17) is 9.47 Å². The van der Waals surface area contributed by atoms with Crippen molar-refractivity contribution < 1.29 is 19.1 Å². The molecule has 5 heteroatoms. The number of methoxy groups -OCH3 is 1. The normalized spacial score (nSPS) is 13.8. The first-order valence-electron chi connectivity index (χ1n) is 8.94. The summed E-state index contributed by atoms with van der Waals surface area (Å²) in [5.41, 5.74) is 3.73. The maximum atomic E-state index is 12.3. The van der Waals surface area contributed by atoms with Gasteiger partial charge in [0.2, 0.25) is 0 Å². The summed E-state index contributed by atoms with van der Waals surface area (Å²) in [5, 5.41) is 0. The number of nitrogens with zero attached hydrogens (tertiary/aromatic N) is 1. The number of ether oxygens (including phenoxy) is 2. The molecule has 0 unspecified atom stereocenters. The summed E-state index contributed by atoms with van der Waals surface area (Å²) >= 11 is 0. The molecular formula is C22H23NO4. The van der Waals surface area contributed by atoms with Crippen LogP contribution in [0.5, 0.6) is 0 Å². The number of hydrogen-bond acceptors (Lipinski definition) is 4. The number of esters is 1. The van der Waals surface area contributed by atoms with E-state index in [1.54, 1.807) is 30.2 Å². The number of benzene rings is 2. The molecule has 2 aromatic rings. The zero-order chi connectivity index (χ0) is 19.1. The molecule has 0 radical (unpaired) electrons. The Balaban J connectivity index is 1.52. The molecule has 5 nitrogen and oxygen atoms in total. The molecule has 2 aromatic carbocycles. The van der Waals surface area contributed by atoms with Crippen LogP contribution in [0.3, 0.4) is 0 Å². The van der Waals surface area contributed by atoms with Gasteiger partial charge in [-0.3, -0.25) is 4.79 Å². The zero-order valence-electron chi connectivity index (χ0n) is 15.4. The molecule has 0 bridgehead atoms. The predicted molar refractivity (Wildman–Crippen MR) is 103 cm³/mol. The maximum absolute atomic E-state index is 12.3. The Bertz CT molecular complexity index is 829. The molecule has 0 aliphatic carbocycles. The van der Waals surface area contributed by atoms with Gasteiger partial charge in [-0.1, -0.05) is 48.5 Å². The van der Waals surface area contributed by atoms with Crippen LogP contribution in [0, 0.1) is 0 Å². The van der Waals surface area contributed by atoms with E-state index in [-0.39, 0.29) is 12.5 Å².